The Labute approximate surface area is 178 Å². The molecule has 0 radical (unpaired) electrons. The molecule has 0 atom stereocenters. The van der Waals surface area contributed by atoms with Crippen LogP contribution in [0.5, 0.6) is 0 Å². The van der Waals surface area contributed by atoms with Crippen LogP contribution in [0.25, 0.3) is 10.9 Å². The summed E-state index contributed by atoms with van der Waals surface area (Å²) < 4.78 is 7.25. The zero-order valence-electron chi connectivity index (χ0n) is 17.1. The number of aromatic nitrogens is 1. The van der Waals surface area contributed by atoms with Crippen LogP contribution in [0.3, 0.4) is 0 Å². The molecule has 1 aliphatic rings. The van der Waals surface area contributed by atoms with Crippen molar-refractivity contribution in [2.24, 2.45) is 11.1 Å². The zero-order valence-corrected chi connectivity index (χ0v) is 18.0. The standard InChI is InChI=1S/C21H30N4O3.ClH/c1-3-21(4-2,15-22)20(27)23-17-5-6-18-16(13-17)7-8-25(18)14-19(26)24-9-11-28-12-10-24;/h5-8,13H,3-4,9-12,14-15,22H2,1-2H3,(H,23,27);1H. The molecule has 0 aliphatic carbocycles. The second kappa shape index (κ2) is 10.1. The predicted molar refractivity (Wildman–Crippen MR) is 117 cm³/mol. The van der Waals surface area contributed by atoms with E-state index in [0.717, 1.165) is 16.6 Å². The van der Waals surface area contributed by atoms with Crippen molar-refractivity contribution in [3.8, 4) is 0 Å². The largest absolute Gasteiger partial charge is 0.378 e. The first kappa shape index (κ1) is 23.2. The van der Waals surface area contributed by atoms with E-state index in [9.17, 15) is 9.59 Å². The fraction of sp³-hybridized carbons (Fsp3) is 0.524. The van der Waals surface area contributed by atoms with Gasteiger partial charge in [-0.15, -0.1) is 12.4 Å². The van der Waals surface area contributed by atoms with Gasteiger partial charge in [0.2, 0.25) is 11.8 Å². The molecule has 8 heteroatoms. The molecule has 1 aliphatic heterocycles. The first-order chi connectivity index (χ1) is 13.5. The number of nitrogens with two attached hydrogens (primary N) is 1. The summed E-state index contributed by atoms with van der Waals surface area (Å²) in [5.41, 5.74) is 7.05. The van der Waals surface area contributed by atoms with Gasteiger partial charge in [0.25, 0.3) is 0 Å². The van der Waals surface area contributed by atoms with E-state index in [4.69, 9.17) is 10.5 Å². The molecular weight excluding hydrogens is 392 g/mol. The molecule has 29 heavy (non-hydrogen) atoms. The normalized spacial score (nSPS) is 14.5. The minimum Gasteiger partial charge on any atom is -0.378 e. The third-order valence-electron chi connectivity index (χ3n) is 5.92. The minimum atomic E-state index is -0.536. The molecule has 2 amide bonds. The van der Waals surface area contributed by atoms with Gasteiger partial charge in [-0.2, -0.15) is 0 Å². The average Bonchev–Trinajstić information content (AvgIpc) is 3.12. The number of morpholine rings is 1. The summed E-state index contributed by atoms with van der Waals surface area (Å²) in [6.07, 6.45) is 3.32. The number of carbonyl (C=O) groups excluding carboxylic acids is 2. The Morgan fingerprint density at radius 3 is 2.48 bits per heavy atom. The fourth-order valence-corrected chi connectivity index (χ4v) is 3.69. The van der Waals surface area contributed by atoms with Crippen LogP contribution in [0.1, 0.15) is 26.7 Å². The number of benzene rings is 1. The van der Waals surface area contributed by atoms with Crippen LogP contribution in [-0.4, -0.2) is 54.1 Å². The molecule has 3 rings (SSSR count). The van der Waals surface area contributed by atoms with Crippen LogP contribution < -0.4 is 11.1 Å². The van der Waals surface area contributed by atoms with Crippen LogP contribution in [0.4, 0.5) is 5.69 Å². The number of anilines is 1. The van der Waals surface area contributed by atoms with Gasteiger partial charge in [0.15, 0.2) is 0 Å². The van der Waals surface area contributed by atoms with Gasteiger partial charge in [-0.3, -0.25) is 9.59 Å². The molecule has 0 bridgehead atoms. The summed E-state index contributed by atoms with van der Waals surface area (Å²) in [5.74, 6) is 0.0538. The molecule has 3 N–H and O–H groups in total. The van der Waals surface area contributed by atoms with E-state index in [1.807, 2.05) is 53.8 Å². The number of hydrogen-bond acceptors (Lipinski definition) is 4. The maximum Gasteiger partial charge on any atom is 0.242 e. The van der Waals surface area contributed by atoms with Crippen molar-refractivity contribution < 1.29 is 14.3 Å². The lowest BCUT2D eigenvalue weighted by Gasteiger charge is -2.28. The lowest BCUT2D eigenvalue weighted by molar-refractivity contribution is -0.135. The first-order valence-electron chi connectivity index (χ1n) is 9.99. The van der Waals surface area contributed by atoms with Crippen molar-refractivity contribution in [3.05, 3.63) is 30.5 Å². The number of halogens is 1. The van der Waals surface area contributed by atoms with Gasteiger partial charge in [-0.25, -0.2) is 0 Å². The molecule has 160 valence electrons. The second-order valence-electron chi connectivity index (χ2n) is 7.36. The number of nitrogens with one attached hydrogen (secondary N) is 1. The highest BCUT2D eigenvalue weighted by Crippen LogP contribution is 2.28. The molecule has 1 aromatic carbocycles. The number of fused-ring (bicyclic) bond motifs is 1. The number of carbonyl (C=O) groups is 2. The van der Waals surface area contributed by atoms with Crippen LogP contribution in [0.2, 0.25) is 0 Å². The molecule has 0 unspecified atom stereocenters. The molecule has 7 nitrogen and oxygen atoms in total. The quantitative estimate of drug-likeness (QED) is 0.717. The van der Waals surface area contributed by atoms with E-state index < -0.39 is 5.41 Å². The third kappa shape index (κ3) is 4.91. The summed E-state index contributed by atoms with van der Waals surface area (Å²) in [7, 11) is 0. The van der Waals surface area contributed by atoms with E-state index in [-0.39, 0.29) is 24.2 Å². The van der Waals surface area contributed by atoms with Crippen LogP contribution in [0.15, 0.2) is 30.5 Å². The Hall–Kier alpha value is -2.09. The van der Waals surface area contributed by atoms with E-state index in [1.165, 1.54) is 0 Å². The predicted octanol–water partition coefficient (Wildman–Crippen LogP) is 2.63. The SMILES string of the molecule is CCC(CC)(CN)C(=O)Nc1ccc2c(ccn2CC(=O)N2CCOCC2)c1.Cl. The molecule has 2 heterocycles. The highest BCUT2D eigenvalue weighted by atomic mass is 35.5. The zero-order chi connectivity index (χ0) is 20.1. The van der Waals surface area contributed by atoms with E-state index in [1.54, 1.807) is 0 Å². The number of nitrogens with zero attached hydrogens (tertiary/aromatic N) is 2. The van der Waals surface area contributed by atoms with E-state index >= 15 is 0 Å². The summed E-state index contributed by atoms with van der Waals surface area (Å²) in [4.78, 5) is 27.1. The summed E-state index contributed by atoms with van der Waals surface area (Å²) in [5, 5.41) is 4.00. The second-order valence-corrected chi connectivity index (χ2v) is 7.36. The molecule has 1 aromatic heterocycles. The monoisotopic (exact) mass is 422 g/mol. The Kier molecular flexibility index (Phi) is 8.07. The van der Waals surface area contributed by atoms with Gasteiger partial charge < -0.3 is 25.3 Å². The number of hydrogen-bond donors (Lipinski definition) is 2. The van der Waals surface area contributed by atoms with Gasteiger partial charge in [0, 0.05) is 42.4 Å². The van der Waals surface area contributed by atoms with Crippen LogP contribution in [-0.2, 0) is 20.9 Å². The van der Waals surface area contributed by atoms with Crippen molar-refractivity contribution in [3.63, 3.8) is 0 Å². The van der Waals surface area contributed by atoms with Gasteiger partial charge >= 0.3 is 0 Å². The molecule has 1 saturated heterocycles. The van der Waals surface area contributed by atoms with Crippen molar-refractivity contribution in [1.29, 1.82) is 0 Å². The maximum atomic E-state index is 12.7. The van der Waals surface area contributed by atoms with E-state index in [0.29, 0.717) is 52.2 Å². The smallest absolute Gasteiger partial charge is 0.242 e. The maximum absolute atomic E-state index is 12.7. The van der Waals surface area contributed by atoms with Gasteiger partial charge in [0.1, 0.15) is 6.54 Å². The Bertz CT molecular complexity index is 833. The topological polar surface area (TPSA) is 89.6 Å². The lowest BCUT2D eigenvalue weighted by atomic mass is 9.81. The van der Waals surface area contributed by atoms with Gasteiger partial charge in [-0.1, -0.05) is 13.8 Å². The summed E-state index contributed by atoms with van der Waals surface area (Å²) in [6, 6.07) is 7.73. The molecule has 2 aromatic rings. The summed E-state index contributed by atoms with van der Waals surface area (Å²) >= 11 is 0. The Morgan fingerprint density at radius 2 is 1.86 bits per heavy atom. The highest BCUT2D eigenvalue weighted by molar-refractivity contribution is 5.97. The number of ether oxygens (including phenoxy) is 1. The highest BCUT2D eigenvalue weighted by Gasteiger charge is 2.33. The number of amides is 2. The molecule has 1 fully saturated rings. The van der Waals surface area contributed by atoms with E-state index in [2.05, 4.69) is 5.32 Å². The Balaban J connectivity index is 0.00000300. The van der Waals surface area contributed by atoms with Crippen LogP contribution >= 0.6 is 12.4 Å². The fourth-order valence-electron chi connectivity index (χ4n) is 3.69. The van der Waals surface area contributed by atoms with Gasteiger partial charge in [-0.05, 0) is 37.1 Å². The van der Waals surface area contributed by atoms with Gasteiger partial charge in [0.05, 0.1) is 18.6 Å². The van der Waals surface area contributed by atoms with Crippen LogP contribution in [0, 0.1) is 5.41 Å². The summed E-state index contributed by atoms with van der Waals surface area (Å²) in [6.45, 7) is 7.10. The van der Waals surface area contributed by atoms with Crippen molar-refractivity contribution in [1.82, 2.24) is 9.47 Å². The first-order valence-corrected chi connectivity index (χ1v) is 9.99. The molecule has 0 saturated carbocycles. The molecule has 0 spiro atoms. The van der Waals surface area contributed by atoms with Crippen molar-refractivity contribution in [2.45, 2.75) is 33.2 Å². The lowest BCUT2D eigenvalue weighted by Crippen LogP contribution is -2.42. The Morgan fingerprint density at radius 1 is 1.17 bits per heavy atom. The van der Waals surface area contributed by atoms with Crippen molar-refractivity contribution >= 4 is 40.8 Å². The average molecular weight is 423 g/mol. The molecular formula is C21H31ClN4O3. The third-order valence-corrected chi connectivity index (χ3v) is 5.92. The van der Waals surface area contributed by atoms with Crippen molar-refractivity contribution in [2.75, 3.05) is 38.2 Å². The number of rotatable bonds is 7. The minimum absolute atomic E-state index is 0.